The van der Waals surface area contributed by atoms with E-state index < -0.39 is 17.7 Å². The number of carbonyl (C=O) groups excluding carboxylic acids is 1. The highest BCUT2D eigenvalue weighted by molar-refractivity contribution is 6.04. The second kappa shape index (κ2) is 6.30. The maximum atomic E-state index is 13.1. The van der Waals surface area contributed by atoms with Gasteiger partial charge in [-0.1, -0.05) is 18.2 Å². The summed E-state index contributed by atoms with van der Waals surface area (Å²) in [6.07, 6.45) is -0.143. The lowest BCUT2D eigenvalue weighted by Gasteiger charge is -2.11. The molecule has 1 fully saturated rings. The highest BCUT2D eigenvalue weighted by Crippen LogP contribution is 2.55. The maximum Gasteiger partial charge on any atom is 0.255 e. The van der Waals surface area contributed by atoms with Gasteiger partial charge in [-0.25, -0.2) is 8.78 Å². The van der Waals surface area contributed by atoms with Crippen LogP contribution in [0.2, 0.25) is 0 Å². The van der Waals surface area contributed by atoms with Gasteiger partial charge in [0, 0.05) is 23.2 Å². The predicted molar refractivity (Wildman–Crippen MR) is 85.0 cm³/mol. The van der Waals surface area contributed by atoms with E-state index in [1.165, 1.54) is 12.1 Å². The van der Waals surface area contributed by atoms with Gasteiger partial charge in [-0.05, 0) is 35.4 Å². The fraction of sp³-hybridized carbons (Fsp3) is 0.278. The molecule has 0 heterocycles. The molecule has 24 heavy (non-hydrogen) atoms. The van der Waals surface area contributed by atoms with Gasteiger partial charge in [0.05, 0.1) is 19.1 Å². The van der Waals surface area contributed by atoms with Crippen LogP contribution in [0.1, 0.15) is 39.4 Å². The summed E-state index contributed by atoms with van der Waals surface area (Å²) in [5.41, 5.74) is 2.44. The zero-order valence-electron chi connectivity index (χ0n) is 12.8. The van der Waals surface area contributed by atoms with Crippen molar-refractivity contribution < 1.29 is 23.8 Å². The first kappa shape index (κ1) is 16.5. The normalized spacial score (nSPS) is 18.2. The molecule has 0 aromatic heterocycles. The van der Waals surface area contributed by atoms with E-state index in [4.69, 9.17) is 5.11 Å². The summed E-state index contributed by atoms with van der Waals surface area (Å²) in [6, 6.07) is 11.0. The minimum absolute atomic E-state index is 0.143. The second-order valence-corrected chi connectivity index (χ2v) is 5.90. The molecule has 0 bridgehead atoms. The number of halogens is 2. The van der Waals surface area contributed by atoms with Crippen LogP contribution in [0.25, 0.3) is 0 Å². The molecule has 0 radical (unpaired) electrons. The van der Waals surface area contributed by atoms with Crippen LogP contribution in [0, 0.1) is 0 Å². The van der Waals surface area contributed by atoms with Crippen LogP contribution in [0.3, 0.4) is 0 Å². The van der Waals surface area contributed by atoms with Crippen LogP contribution >= 0.6 is 0 Å². The highest BCUT2D eigenvalue weighted by Gasteiger charge is 2.57. The molecule has 3 rings (SSSR count). The fourth-order valence-corrected chi connectivity index (χ4v) is 2.63. The summed E-state index contributed by atoms with van der Waals surface area (Å²) >= 11 is 0. The van der Waals surface area contributed by atoms with E-state index in [1.807, 2.05) is 0 Å². The molecule has 1 unspecified atom stereocenters. The van der Waals surface area contributed by atoms with E-state index >= 15 is 0 Å². The third-order valence-electron chi connectivity index (χ3n) is 4.17. The molecular weight excluding hydrogens is 316 g/mol. The molecule has 6 heteroatoms. The van der Waals surface area contributed by atoms with Crippen LogP contribution in [-0.2, 0) is 13.2 Å². The van der Waals surface area contributed by atoms with Crippen molar-refractivity contribution in [1.82, 2.24) is 0 Å². The molecule has 1 atom stereocenters. The number of rotatable bonds is 5. The zero-order chi connectivity index (χ0) is 17.3. The summed E-state index contributed by atoms with van der Waals surface area (Å²) in [6.45, 7) is -0.437. The Morgan fingerprint density at radius 2 is 1.79 bits per heavy atom. The molecule has 0 spiro atoms. The quantitative estimate of drug-likeness (QED) is 0.788. The molecule has 2 aromatic rings. The second-order valence-electron chi connectivity index (χ2n) is 5.90. The highest BCUT2D eigenvalue weighted by atomic mass is 19.3. The Hall–Kier alpha value is -2.31. The van der Waals surface area contributed by atoms with Crippen molar-refractivity contribution in [3.63, 3.8) is 0 Å². The van der Waals surface area contributed by atoms with E-state index in [-0.39, 0.29) is 19.6 Å². The molecule has 1 aliphatic carbocycles. The Kier molecular flexibility index (Phi) is 4.34. The molecular formula is C18H17F2NO3. The Labute approximate surface area is 137 Å². The summed E-state index contributed by atoms with van der Waals surface area (Å²) in [5.74, 6) is -3.77. The van der Waals surface area contributed by atoms with Gasteiger partial charge in [0.25, 0.3) is 11.8 Å². The summed E-state index contributed by atoms with van der Waals surface area (Å²) in [5, 5.41) is 21.2. The van der Waals surface area contributed by atoms with Crippen LogP contribution in [0.15, 0.2) is 42.5 Å². The molecule has 3 N–H and O–H groups in total. The Morgan fingerprint density at radius 1 is 1.12 bits per heavy atom. The van der Waals surface area contributed by atoms with Crippen molar-refractivity contribution in [1.29, 1.82) is 0 Å². The lowest BCUT2D eigenvalue weighted by Crippen LogP contribution is -2.13. The first-order chi connectivity index (χ1) is 11.4. The first-order valence-corrected chi connectivity index (χ1v) is 7.57. The first-order valence-electron chi connectivity index (χ1n) is 7.57. The van der Waals surface area contributed by atoms with Gasteiger partial charge in [-0.15, -0.1) is 0 Å². The minimum Gasteiger partial charge on any atom is -0.392 e. The summed E-state index contributed by atoms with van der Waals surface area (Å²) < 4.78 is 26.1. The van der Waals surface area contributed by atoms with Crippen LogP contribution in [0.5, 0.6) is 0 Å². The SMILES string of the molecule is O=C(Nc1ccc(CO)cc1CO)c1ccc(C2CC2(F)F)cc1. The number of aliphatic hydroxyl groups excluding tert-OH is 2. The maximum absolute atomic E-state index is 13.1. The molecule has 2 aromatic carbocycles. The monoisotopic (exact) mass is 333 g/mol. The topological polar surface area (TPSA) is 69.6 Å². The lowest BCUT2D eigenvalue weighted by atomic mass is 10.1. The average Bonchev–Trinajstić information content (AvgIpc) is 3.23. The fourth-order valence-electron chi connectivity index (χ4n) is 2.63. The number of alkyl halides is 2. The van der Waals surface area contributed by atoms with Crippen molar-refractivity contribution in [2.45, 2.75) is 31.5 Å². The zero-order valence-corrected chi connectivity index (χ0v) is 12.8. The number of hydrogen-bond donors (Lipinski definition) is 3. The average molecular weight is 333 g/mol. The number of nitrogens with one attached hydrogen (secondary N) is 1. The smallest absolute Gasteiger partial charge is 0.255 e. The van der Waals surface area contributed by atoms with Gasteiger partial charge in [0.15, 0.2) is 0 Å². The molecule has 0 aliphatic heterocycles. The largest absolute Gasteiger partial charge is 0.392 e. The number of aliphatic hydroxyl groups is 2. The van der Waals surface area contributed by atoms with Gasteiger partial charge < -0.3 is 15.5 Å². The van der Waals surface area contributed by atoms with Crippen molar-refractivity contribution in [2.75, 3.05) is 5.32 Å². The number of anilines is 1. The third-order valence-corrected chi connectivity index (χ3v) is 4.17. The van der Waals surface area contributed by atoms with E-state index in [2.05, 4.69) is 5.32 Å². The predicted octanol–water partition coefficient (Wildman–Crippen LogP) is 3.05. The molecule has 1 saturated carbocycles. The number of carbonyl (C=O) groups is 1. The molecule has 4 nitrogen and oxygen atoms in total. The van der Waals surface area contributed by atoms with E-state index in [1.54, 1.807) is 30.3 Å². The third kappa shape index (κ3) is 3.29. The van der Waals surface area contributed by atoms with Crippen LogP contribution in [-0.4, -0.2) is 22.0 Å². The number of hydrogen-bond acceptors (Lipinski definition) is 3. The van der Waals surface area contributed by atoms with Crippen LogP contribution < -0.4 is 5.32 Å². The van der Waals surface area contributed by atoms with Crippen molar-refractivity contribution in [2.24, 2.45) is 0 Å². The van der Waals surface area contributed by atoms with Crippen molar-refractivity contribution in [3.8, 4) is 0 Å². The molecule has 0 saturated heterocycles. The number of benzene rings is 2. The van der Waals surface area contributed by atoms with Gasteiger partial charge in [0.2, 0.25) is 0 Å². The van der Waals surface area contributed by atoms with Gasteiger partial charge in [-0.3, -0.25) is 4.79 Å². The minimum atomic E-state index is -2.63. The van der Waals surface area contributed by atoms with Gasteiger partial charge >= 0.3 is 0 Å². The molecule has 126 valence electrons. The van der Waals surface area contributed by atoms with Crippen molar-refractivity contribution in [3.05, 3.63) is 64.7 Å². The van der Waals surface area contributed by atoms with Crippen LogP contribution in [0.4, 0.5) is 14.5 Å². The molecule has 1 amide bonds. The Morgan fingerprint density at radius 3 is 2.33 bits per heavy atom. The van der Waals surface area contributed by atoms with Gasteiger partial charge in [-0.2, -0.15) is 0 Å². The van der Waals surface area contributed by atoms with Crippen molar-refractivity contribution >= 4 is 11.6 Å². The standard InChI is InChI=1S/C18H17F2NO3/c19-18(20)8-15(18)12-2-4-13(5-3-12)17(24)21-16-6-1-11(9-22)7-14(16)10-23/h1-7,15,22-23H,8-10H2,(H,21,24). The van der Waals surface area contributed by atoms with E-state index in [0.717, 1.165) is 0 Å². The summed E-state index contributed by atoms with van der Waals surface area (Å²) in [7, 11) is 0. The van der Waals surface area contributed by atoms with Gasteiger partial charge in [0.1, 0.15) is 0 Å². The Balaban J connectivity index is 1.73. The molecule has 1 aliphatic rings. The number of amides is 1. The lowest BCUT2D eigenvalue weighted by molar-refractivity contribution is 0.102. The summed E-state index contributed by atoms with van der Waals surface area (Å²) in [4.78, 5) is 12.3. The Bertz CT molecular complexity index is 759. The van der Waals surface area contributed by atoms with E-state index in [0.29, 0.717) is 27.9 Å². The van der Waals surface area contributed by atoms with E-state index in [9.17, 15) is 18.7 Å².